The molecule has 2 aromatic heterocycles. The van der Waals surface area contributed by atoms with Gasteiger partial charge in [0, 0.05) is 5.02 Å². The van der Waals surface area contributed by atoms with Crippen molar-refractivity contribution in [3.63, 3.8) is 0 Å². The Morgan fingerprint density at radius 1 is 1.38 bits per heavy atom. The van der Waals surface area contributed by atoms with Gasteiger partial charge in [-0.2, -0.15) is 0 Å². The van der Waals surface area contributed by atoms with Crippen LogP contribution < -0.4 is 10.6 Å². The van der Waals surface area contributed by atoms with Gasteiger partial charge in [-0.15, -0.1) is 0 Å². The molecule has 8 heteroatoms. The number of halogens is 1. The van der Waals surface area contributed by atoms with E-state index in [0.29, 0.717) is 10.2 Å². The van der Waals surface area contributed by atoms with Crippen molar-refractivity contribution in [1.29, 1.82) is 0 Å². The number of carbonyl (C=O) groups is 1. The largest absolute Gasteiger partial charge is 0.459 e. The average Bonchev–Trinajstić information content (AvgIpc) is 3.06. The van der Waals surface area contributed by atoms with E-state index in [1.807, 2.05) is 12.1 Å². The molecule has 2 N–H and O–H groups in total. The fourth-order valence-electron chi connectivity index (χ4n) is 1.65. The van der Waals surface area contributed by atoms with Gasteiger partial charge in [0.05, 0.1) is 16.5 Å². The molecule has 1 amide bonds. The monoisotopic (exact) mass is 337 g/mol. The van der Waals surface area contributed by atoms with Crippen LogP contribution >= 0.6 is 35.2 Å². The van der Waals surface area contributed by atoms with E-state index in [-0.39, 0.29) is 10.9 Å². The number of aromatic nitrogens is 1. The van der Waals surface area contributed by atoms with Crippen molar-refractivity contribution in [2.75, 3.05) is 5.32 Å². The number of benzene rings is 1. The summed E-state index contributed by atoms with van der Waals surface area (Å²) in [6.45, 7) is 0. The summed E-state index contributed by atoms with van der Waals surface area (Å²) in [4.78, 5) is 16.1. The summed E-state index contributed by atoms with van der Waals surface area (Å²) in [6.07, 6.45) is 1.42. The summed E-state index contributed by atoms with van der Waals surface area (Å²) in [7, 11) is 0. The van der Waals surface area contributed by atoms with Gasteiger partial charge in [0.15, 0.2) is 16.0 Å². The van der Waals surface area contributed by atoms with Gasteiger partial charge in [0.25, 0.3) is 5.91 Å². The van der Waals surface area contributed by atoms with Gasteiger partial charge >= 0.3 is 0 Å². The van der Waals surface area contributed by atoms with E-state index in [1.54, 1.807) is 18.2 Å². The highest BCUT2D eigenvalue weighted by Gasteiger charge is 2.12. The molecule has 0 atom stereocenters. The second-order valence-corrected chi connectivity index (χ2v) is 5.89. The smallest absolute Gasteiger partial charge is 0.293 e. The van der Waals surface area contributed by atoms with Gasteiger partial charge in [0.2, 0.25) is 0 Å². The number of carbonyl (C=O) groups excluding carboxylic acids is 1. The topological polar surface area (TPSA) is 67.2 Å². The van der Waals surface area contributed by atoms with Crippen molar-refractivity contribution in [3.8, 4) is 0 Å². The highest BCUT2D eigenvalue weighted by Crippen LogP contribution is 2.28. The summed E-state index contributed by atoms with van der Waals surface area (Å²) < 4.78 is 5.92. The minimum Gasteiger partial charge on any atom is -0.459 e. The minimum absolute atomic E-state index is 0.154. The Bertz CT molecular complexity index is 814. The number of anilines is 1. The lowest BCUT2D eigenvalue weighted by atomic mass is 10.3. The Morgan fingerprint density at radius 2 is 2.24 bits per heavy atom. The normalized spacial score (nSPS) is 10.5. The number of nitrogens with zero attached hydrogens (tertiary/aromatic N) is 1. The van der Waals surface area contributed by atoms with E-state index in [9.17, 15) is 4.79 Å². The number of hydrogen-bond acceptors (Lipinski definition) is 5. The molecular formula is C13H8ClN3O2S2. The molecule has 0 spiro atoms. The molecule has 0 fully saturated rings. The van der Waals surface area contributed by atoms with Crippen LogP contribution in [-0.4, -0.2) is 16.0 Å². The highest BCUT2D eigenvalue weighted by atomic mass is 35.5. The van der Waals surface area contributed by atoms with Crippen LogP contribution in [0.15, 0.2) is 41.0 Å². The van der Waals surface area contributed by atoms with Crippen LogP contribution in [0.1, 0.15) is 10.6 Å². The fraction of sp³-hybridized carbons (Fsp3) is 0. The van der Waals surface area contributed by atoms with Crippen LogP contribution in [0.25, 0.3) is 10.2 Å². The molecule has 0 aliphatic carbocycles. The number of rotatable bonds is 2. The Morgan fingerprint density at radius 3 is 3.00 bits per heavy atom. The van der Waals surface area contributed by atoms with Crippen molar-refractivity contribution in [3.05, 3.63) is 47.4 Å². The quantitative estimate of drug-likeness (QED) is 0.698. The van der Waals surface area contributed by atoms with Gasteiger partial charge in [-0.25, -0.2) is 4.98 Å². The maximum Gasteiger partial charge on any atom is 0.293 e. The highest BCUT2D eigenvalue weighted by molar-refractivity contribution is 7.80. The molecule has 0 aliphatic rings. The van der Waals surface area contributed by atoms with Crippen molar-refractivity contribution in [2.45, 2.75) is 0 Å². The molecule has 0 saturated heterocycles. The lowest BCUT2D eigenvalue weighted by Crippen LogP contribution is -2.33. The standard InChI is InChI=1S/C13H8ClN3O2S2/c14-7-3-4-8-10(6-7)21-13(15-8)17-12(20)16-11(18)9-2-1-5-19-9/h1-6H,(H2,15,16,17,18,20). The maximum atomic E-state index is 11.8. The predicted molar refractivity (Wildman–Crippen MR) is 87.0 cm³/mol. The number of amides is 1. The third-order valence-corrected chi connectivity index (χ3v) is 3.92. The summed E-state index contributed by atoms with van der Waals surface area (Å²) >= 11 is 12.4. The molecule has 3 rings (SSSR count). The molecule has 1 aromatic carbocycles. The molecular weight excluding hydrogens is 330 g/mol. The molecule has 0 aliphatic heterocycles. The van der Waals surface area contributed by atoms with Gasteiger partial charge in [-0.3, -0.25) is 10.1 Å². The van der Waals surface area contributed by atoms with E-state index in [1.165, 1.54) is 17.6 Å². The lowest BCUT2D eigenvalue weighted by Gasteiger charge is -2.04. The van der Waals surface area contributed by atoms with Gasteiger partial charge in [-0.05, 0) is 42.5 Å². The van der Waals surface area contributed by atoms with Crippen LogP contribution in [0.4, 0.5) is 5.13 Å². The molecule has 2 heterocycles. The Balaban J connectivity index is 1.70. The number of thiocarbonyl (C=S) groups is 1. The minimum atomic E-state index is -0.415. The lowest BCUT2D eigenvalue weighted by molar-refractivity contribution is 0.0950. The number of thiazole rings is 1. The molecule has 21 heavy (non-hydrogen) atoms. The van der Waals surface area contributed by atoms with Crippen LogP contribution in [0.3, 0.4) is 0 Å². The Hall–Kier alpha value is -1.96. The first-order chi connectivity index (χ1) is 10.1. The molecule has 0 bridgehead atoms. The molecule has 5 nitrogen and oxygen atoms in total. The van der Waals surface area contributed by atoms with Crippen molar-refractivity contribution >= 4 is 61.5 Å². The summed E-state index contributed by atoms with van der Waals surface area (Å²) in [5.41, 5.74) is 0.812. The molecule has 3 aromatic rings. The van der Waals surface area contributed by atoms with Gasteiger partial charge < -0.3 is 9.73 Å². The molecule has 0 radical (unpaired) electrons. The zero-order valence-corrected chi connectivity index (χ0v) is 12.8. The van der Waals surface area contributed by atoms with Crippen molar-refractivity contribution in [1.82, 2.24) is 10.3 Å². The van der Waals surface area contributed by atoms with Crippen LogP contribution in [-0.2, 0) is 0 Å². The van der Waals surface area contributed by atoms with E-state index in [4.69, 9.17) is 28.2 Å². The first-order valence-corrected chi connectivity index (χ1v) is 7.44. The van der Waals surface area contributed by atoms with Crippen LogP contribution in [0.2, 0.25) is 5.02 Å². The summed E-state index contributed by atoms with van der Waals surface area (Å²) in [5, 5.41) is 6.76. The Kier molecular flexibility index (Phi) is 3.87. The molecule has 0 unspecified atom stereocenters. The van der Waals surface area contributed by atoms with Crippen LogP contribution in [0, 0.1) is 0 Å². The van der Waals surface area contributed by atoms with E-state index < -0.39 is 5.91 Å². The van der Waals surface area contributed by atoms with E-state index >= 15 is 0 Å². The van der Waals surface area contributed by atoms with Crippen molar-refractivity contribution in [2.24, 2.45) is 0 Å². The molecule has 106 valence electrons. The summed E-state index contributed by atoms with van der Waals surface area (Å²) in [6, 6.07) is 8.60. The Labute approximate surface area is 133 Å². The zero-order valence-electron chi connectivity index (χ0n) is 10.4. The average molecular weight is 338 g/mol. The van der Waals surface area contributed by atoms with Gasteiger partial charge in [0.1, 0.15) is 0 Å². The third kappa shape index (κ3) is 3.21. The van der Waals surface area contributed by atoms with Crippen LogP contribution in [0.5, 0.6) is 0 Å². The third-order valence-electron chi connectivity index (χ3n) is 2.54. The van der Waals surface area contributed by atoms with E-state index in [2.05, 4.69) is 15.6 Å². The second-order valence-electron chi connectivity index (χ2n) is 4.02. The van der Waals surface area contributed by atoms with Gasteiger partial charge in [-0.1, -0.05) is 22.9 Å². The first kappa shape index (κ1) is 14.0. The zero-order chi connectivity index (χ0) is 14.8. The number of furan rings is 1. The first-order valence-electron chi connectivity index (χ1n) is 5.84. The predicted octanol–water partition coefficient (Wildman–Crippen LogP) is 3.67. The number of fused-ring (bicyclic) bond motifs is 1. The number of nitrogens with one attached hydrogen (secondary N) is 2. The maximum absolute atomic E-state index is 11.8. The SMILES string of the molecule is O=C(NC(=S)Nc1nc2ccc(Cl)cc2s1)c1ccco1. The fourth-order valence-corrected chi connectivity index (χ4v) is 3.05. The van der Waals surface area contributed by atoms with Crippen molar-refractivity contribution < 1.29 is 9.21 Å². The number of hydrogen-bond donors (Lipinski definition) is 2. The van der Waals surface area contributed by atoms with E-state index in [0.717, 1.165) is 10.2 Å². The second kappa shape index (κ2) is 5.80. The summed E-state index contributed by atoms with van der Waals surface area (Å²) in [5.74, 6) is -0.225. The molecule has 0 saturated carbocycles.